The van der Waals surface area contributed by atoms with E-state index in [0.717, 1.165) is 6.42 Å². The van der Waals surface area contributed by atoms with Crippen LogP contribution < -0.4 is 0 Å². The summed E-state index contributed by atoms with van der Waals surface area (Å²) < 4.78 is 0. The molecule has 13 heavy (non-hydrogen) atoms. The Hall–Kier alpha value is 0.466. The third kappa shape index (κ3) is 19.1. The number of hydrogen-bond donors (Lipinski definition) is 0. The van der Waals surface area contributed by atoms with Crippen molar-refractivity contribution in [3.05, 3.63) is 43.3 Å². The zero-order chi connectivity index (χ0) is 8.36. The minimum Gasteiger partial charge on any atom is -0.343 e. The fourth-order valence-electron chi connectivity index (χ4n) is 0.592. The maximum absolute atomic E-state index is 3.68. The van der Waals surface area contributed by atoms with E-state index in [1.807, 2.05) is 30.3 Å². The van der Waals surface area contributed by atoms with Crippen molar-refractivity contribution in [2.45, 2.75) is 26.2 Å². The summed E-state index contributed by atoms with van der Waals surface area (Å²) in [6, 6.07) is 12.5. The summed E-state index contributed by atoms with van der Waals surface area (Å²) in [4.78, 5) is 0. The molecule has 70 valence electrons. The Morgan fingerprint density at radius 1 is 1.15 bits per heavy atom. The molecule has 0 N–H and O–H groups in total. The third-order valence-electron chi connectivity index (χ3n) is 1.21. The third-order valence-corrected chi connectivity index (χ3v) is 1.21. The van der Waals surface area contributed by atoms with E-state index < -0.39 is 0 Å². The van der Waals surface area contributed by atoms with Gasteiger partial charge in [-0.15, -0.1) is 17.0 Å². The van der Waals surface area contributed by atoms with E-state index in [0.29, 0.717) is 0 Å². The summed E-state index contributed by atoms with van der Waals surface area (Å²) >= 11 is 0. The van der Waals surface area contributed by atoms with E-state index in [1.165, 1.54) is 12.8 Å². The first-order valence-electron chi connectivity index (χ1n) is 4.12. The predicted molar refractivity (Wildman–Crippen MR) is 66.2 cm³/mol. The maximum atomic E-state index is 3.68. The van der Waals surface area contributed by atoms with Gasteiger partial charge in [-0.25, -0.2) is 0 Å². The summed E-state index contributed by atoms with van der Waals surface area (Å²) in [5.74, 6) is 0. The standard InChI is InChI=1S/C6H5.C5H11.BrH.Mg/c1-2-4-6-5-3-1;1-3-5-4-2;;/h1-5H;1,3-5H2,2H3;1H;/q2*-1;;+2. The number of rotatable bonds is 2. The first-order chi connectivity index (χ1) is 5.41. The summed E-state index contributed by atoms with van der Waals surface area (Å²) in [7, 11) is 0. The predicted octanol–water partition coefficient (Wildman–Crippen LogP) is 3.69. The summed E-state index contributed by atoms with van der Waals surface area (Å²) in [6.07, 6.45) is 3.65. The zero-order valence-corrected chi connectivity index (χ0v) is 11.5. The van der Waals surface area contributed by atoms with E-state index in [-0.39, 0.29) is 40.0 Å². The quantitative estimate of drug-likeness (QED) is 0.557. The summed E-state index contributed by atoms with van der Waals surface area (Å²) in [6.45, 7) is 5.85. The second-order valence-electron chi connectivity index (χ2n) is 2.28. The van der Waals surface area contributed by atoms with E-state index in [4.69, 9.17) is 0 Å². The van der Waals surface area contributed by atoms with Crippen molar-refractivity contribution < 1.29 is 0 Å². The van der Waals surface area contributed by atoms with Gasteiger partial charge in [-0.3, -0.25) is 0 Å². The van der Waals surface area contributed by atoms with Crippen molar-refractivity contribution in [2.75, 3.05) is 0 Å². The van der Waals surface area contributed by atoms with Crippen LogP contribution in [0.15, 0.2) is 30.3 Å². The van der Waals surface area contributed by atoms with Crippen LogP contribution in [0.5, 0.6) is 0 Å². The van der Waals surface area contributed by atoms with Gasteiger partial charge >= 0.3 is 23.1 Å². The Kier molecular flexibility index (Phi) is 26.9. The molecular weight excluding hydrogens is 236 g/mol. The fraction of sp³-hybridized carbons (Fsp3) is 0.364. The van der Waals surface area contributed by atoms with Crippen molar-refractivity contribution in [1.29, 1.82) is 0 Å². The summed E-state index contributed by atoms with van der Waals surface area (Å²) in [5.41, 5.74) is 0. The molecule has 0 aliphatic carbocycles. The molecular formula is C11H17BrMg. The van der Waals surface area contributed by atoms with E-state index >= 15 is 0 Å². The number of hydrogen-bond acceptors (Lipinski definition) is 0. The number of benzene rings is 1. The Morgan fingerprint density at radius 2 is 1.69 bits per heavy atom. The van der Waals surface area contributed by atoms with Gasteiger partial charge in [0.25, 0.3) is 0 Å². The fourth-order valence-corrected chi connectivity index (χ4v) is 0.592. The molecule has 0 bridgehead atoms. The Balaban J connectivity index is -0.000000136. The molecule has 2 heteroatoms. The molecule has 0 spiro atoms. The Bertz CT molecular complexity index is 113. The van der Waals surface area contributed by atoms with Crippen molar-refractivity contribution >= 4 is 40.0 Å². The maximum Gasteiger partial charge on any atom is 2.00 e. The largest absolute Gasteiger partial charge is 2.00 e. The average Bonchev–Trinajstić information content (AvgIpc) is 2.10. The topological polar surface area (TPSA) is 0 Å². The molecule has 1 rings (SSSR count). The first kappa shape index (κ1) is 19.1. The van der Waals surface area contributed by atoms with Gasteiger partial charge in [0.15, 0.2) is 0 Å². The molecule has 0 nitrogen and oxygen atoms in total. The van der Waals surface area contributed by atoms with Gasteiger partial charge in [0, 0.05) is 0 Å². The minimum atomic E-state index is 0. The van der Waals surface area contributed by atoms with Gasteiger partial charge in [0.05, 0.1) is 0 Å². The molecule has 0 heterocycles. The molecule has 0 saturated carbocycles. The second kappa shape index (κ2) is 18.3. The molecule has 1 aromatic carbocycles. The monoisotopic (exact) mass is 252 g/mol. The van der Waals surface area contributed by atoms with Crippen LogP contribution >= 0.6 is 17.0 Å². The second-order valence-corrected chi connectivity index (χ2v) is 2.28. The Morgan fingerprint density at radius 3 is 1.77 bits per heavy atom. The van der Waals surface area contributed by atoms with Crippen LogP contribution in [-0.2, 0) is 0 Å². The van der Waals surface area contributed by atoms with Crippen LogP contribution in [-0.4, -0.2) is 23.1 Å². The van der Waals surface area contributed by atoms with Gasteiger partial charge < -0.3 is 6.92 Å². The van der Waals surface area contributed by atoms with Crippen molar-refractivity contribution in [3.63, 3.8) is 0 Å². The molecule has 1 aromatic rings. The number of unbranched alkanes of at least 4 members (excludes halogenated alkanes) is 2. The molecule has 0 aliphatic rings. The number of halogens is 1. The molecule has 0 unspecified atom stereocenters. The van der Waals surface area contributed by atoms with Gasteiger partial charge in [-0.05, 0) is 0 Å². The van der Waals surface area contributed by atoms with E-state index in [9.17, 15) is 0 Å². The molecule has 0 aliphatic heterocycles. The first-order valence-corrected chi connectivity index (χ1v) is 4.12. The van der Waals surface area contributed by atoms with Gasteiger partial charge in [0.1, 0.15) is 0 Å². The summed E-state index contributed by atoms with van der Waals surface area (Å²) in [5, 5.41) is 0. The molecule has 0 amide bonds. The molecule has 0 aromatic heterocycles. The molecule has 0 fully saturated rings. The van der Waals surface area contributed by atoms with Crippen molar-refractivity contribution in [2.24, 2.45) is 0 Å². The van der Waals surface area contributed by atoms with Crippen molar-refractivity contribution in [1.82, 2.24) is 0 Å². The van der Waals surface area contributed by atoms with Crippen LogP contribution in [0, 0.1) is 13.0 Å². The van der Waals surface area contributed by atoms with Crippen LogP contribution in [0.3, 0.4) is 0 Å². The SMILES string of the molecule is Br.[CH2-]CCCC.[Mg+2].[c-]1ccccc1. The van der Waals surface area contributed by atoms with Crippen LogP contribution in [0.2, 0.25) is 0 Å². The molecule has 0 atom stereocenters. The van der Waals surface area contributed by atoms with Crippen LogP contribution in [0.25, 0.3) is 0 Å². The van der Waals surface area contributed by atoms with Crippen LogP contribution in [0.4, 0.5) is 0 Å². The smallest absolute Gasteiger partial charge is 0.343 e. The van der Waals surface area contributed by atoms with E-state index in [1.54, 1.807) is 0 Å². The normalized spacial score (nSPS) is 6.92. The van der Waals surface area contributed by atoms with Gasteiger partial charge in [-0.1, -0.05) is 19.8 Å². The zero-order valence-electron chi connectivity index (χ0n) is 8.33. The molecule has 0 saturated heterocycles. The van der Waals surface area contributed by atoms with E-state index in [2.05, 4.69) is 19.9 Å². The minimum absolute atomic E-state index is 0. The average molecular weight is 253 g/mol. The molecule has 0 radical (unpaired) electrons. The Labute approximate surface area is 109 Å². The van der Waals surface area contributed by atoms with Gasteiger partial charge in [-0.2, -0.15) is 42.8 Å². The van der Waals surface area contributed by atoms with Crippen molar-refractivity contribution in [3.8, 4) is 0 Å². The van der Waals surface area contributed by atoms with Gasteiger partial charge in [0.2, 0.25) is 0 Å². The van der Waals surface area contributed by atoms with Crippen LogP contribution in [0.1, 0.15) is 26.2 Å².